The Balaban J connectivity index is 2.58. The second-order valence-corrected chi connectivity index (χ2v) is 3.65. The van der Waals surface area contributed by atoms with Crippen LogP contribution in [-0.4, -0.2) is 36.2 Å². The number of aliphatic hydroxyl groups is 1. The van der Waals surface area contributed by atoms with Crippen LogP contribution in [0.1, 0.15) is 5.56 Å². The van der Waals surface area contributed by atoms with Gasteiger partial charge in [-0.1, -0.05) is 36.3 Å². The third kappa shape index (κ3) is 3.75. The van der Waals surface area contributed by atoms with Crippen molar-refractivity contribution in [2.75, 3.05) is 20.2 Å². The molecule has 0 unspecified atom stereocenters. The summed E-state index contributed by atoms with van der Waals surface area (Å²) in [7, 11) is 1.93. The Labute approximate surface area is 91.5 Å². The number of rotatable bonds is 5. The van der Waals surface area contributed by atoms with Gasteiger partial charge in [-0.2, -0.15) is 0 Å². The van der Waals surface area contributed by atoms with E-state index in [1.807, 2.05) is 30.1 Å². The summed E-state index contributed by atoms with van der Waals surface area (Å²) in [4.78, 5) is 1.99. The molecule has 80 valence electrons. The summed E-state index contributed by atoms with van der Waals surface area (Å²) in [6.45, 7) is 0.700. The molecule has 0 aliphatic carbocycles. The van der Waals surface area contributed by atoms with E-state index < -0.39 is 0 Å². The SMILES string of the molecule is C#CCN(C)[C@@H](CO)Cc1ccccc1. The highest BCUT2D eigenvalue weighted by Crippen LogP contribution is 2.06. The molecular formula is C13H17NO. The fourth-order valence-corrected chi connectivity index (χ4v) is 1.52. The van der Waals surface area contributed by atoms with Crippen molar-refractivity contribution in [3.05, 3.63) is 35.9 Å². The summed E-state index contributed by atoms with van der Waals surface area (Å²) < 4.78 is 0. The van der Waals surface area contributed by atoms with Gasteiger partial charge in [-0.3, -0.25) is 4.90 Å². The molecule has 0 saturated heterocycles. The maximum absolute atomic E-state index is 9.27. The van der Waals surface area contributed by atoms with E-state index in [1.165, 1.54) is 5.56 Å². The van der Waals surface area contributed by atoms with Crippen molar-refractivity contribution in [1.82, 2.24) is 4.90 Å². The minimum atomic E-state index is 0.100. The van der Waals surface area contributed by atoms with E-state index in [0.717, 1.165) is 6.42 Å². The zero-order valence-electron chi connectivity index (χ0n) is 9.06. The molecule has 1 N–H and O–H groups in total. The molecule has 0 bridgehead atoms. The first-order valence-corrected chi connectivity index (χ1v) is 5.06. The lowest BCUT2D eigenvalue weighted by molar-refractivity contribution is 0.158. The van der Waals surface area contributed by atoms with Gasteiger partial charge >= 0.3 is 0 Å². The minimum absolute atomic E-state index is 0.100. The first-order valence-electron chi connectivity index (χ1n) is 5.06. The van der Waals surface area contributed by atoms with Crippen molar-refractivity contribution in [3.8, 4) is 12.3 Å². The number of hydrogen-bond acceptors (Lipinski definition) is 2. The molecule has 0 aromatic heterocycles. The van der Waals surface area contributed by atoms with Crippen molar-refractivity contribution in [2.24, 2.45) is 0 Å². The highest BCUT2D eigenvalue weighted by Gasteiger charge is 2.12. The molecule has 0 fully saturated rings. The lowest BCUT2D eigenvalue weighted by atomic mass is 10.1. The molecule has 0 spiro atoms. The Hall–Kier alpha value is -1.30. The molecule has 1 aromatic rings. The van der Waals surface area contributed by atoms with Crippen LogP contribution in [0, 0.1) is 12.3 Å². The van der Waals surface area contributed by atoms with E-state index in [9.17, 15) is 5.11 Å². The third-order valence-corrected chi connectivity index (χ3v) is 2.49. The maximum Gasteiger partial charge on any atom is 0.0599 e. The average molecular weight is 203 g/mol. The highest BCUT2D eigenvalue weighted by atomic mass is 16.3. The second kappa shape index (κ2) is 6.23. The standard InChI is InChI=1S/C13H17NO/c1-3-9-14(2)13(11-15)10-12-7-5-4-6-8-12/h1,4-8,13,15H,9-11H2,2H3/t13-/m1/s1. The van der Waals surface area contributed by atoms with E-state index in [-0.39, 0.29) is 12.6 Å². The van der Waals surface area contributed by atoms with E-state index in [2.05, 4.69) is 18.1 Å². The van der Waals surface area contributed by atoms with Crippen LogP contribution in [0.3, 0.4) is 0 Å². The molecule has 0 aliphatic rings. The van der Waals surface area contributed by atoms with Crippen LogP contribution in [-0.2, 0) is 6.42 Å². The molecule has 15 heavy (non-hydrogen) atoms. The first kappa shape index (κ1) is 11.8. The highest BCUT2D eigenvalue weighted by molar-refractivity contribution is 5.16. The smallest absolute Gasteiger partial charge is 0.0599 e. The fraction of sp³-hybridized carbons (Fsp3) is 0.385. The Bertz CT molecular complexity index is 315. The molecular weight excluding hydrogens is 186 g/mol. The number of terminal acetylenes is 1. The fourth-order valence-electron chi connectivity index (χ4n) is 1.52. The van der Waals surface area contributed by atoms with Crippen LogP contribution in [0.25, 0.3) is 0 Å². The molecule has 0 aliphatic heterocycles. The third-order valence-electron chi connectivity index (χ3n) is 2.49. The first-order chi connectivity index (χ1) is 7.27. The van der Waals surface area contributed by atoms with Crippen LogP contribution < -0.4 is 0 Å². The molecule has 0 saturated carbocycles. The lowest BCUT2D eigenvalue weighted by Crippen LogP contribution is -2.36. The molecule has 0 radical (unpaired) electrons. The van der Waals surface area contributed by atoms with Gasteiger partial charge in [0.15, 0.2) is 0 Å². The van der Waals surface area contributed by atoms with Gasteiger partial charge in [-0.15, -0.1) is 6.42 Å². The molecule has 0 amide bonds. The second-order valence-electron chi connectivity index (χ2n) is 3.65. The quantitative estimate of drug-likeness (QED) is 0.726. The monoisotopic (exact) mass is 203 g/mol. The lowest BCUT2D eigenvalue weighted by Gasteiger charge is -2.24. The Morgan fingerprint density at radius 2 is 2.07 bits per heavy atom. The molecule has 0 heterocycles. The number of hydrogen-bond donors (Lipinski definition) is 1. The minimum Gasteiger partial charge on any atom is -0.395 e. The van der Waals surface area contributed by atoms with Crippen molar-refractivity contribution in [2.45, 2.75) is 12.5 Å². The summed E-state index contributed by atoms with van der Waals surface area (Å²) in [5, 5.41) is 9.27. The van der Waals surface area contributed by atoms with Crippen LogP contribution in [0.5, 0.6) is 0 Å². The molecule has 1 atom stereocenters. The summed E-state index contributed by atoms with van der Waals surface area (Å²) in [5.74, 6) is 2.58. The topological polar surface area (TPSA) is 23.5 Å². The van der Waals surface area contributed by atoms with Crippen molar-refractivity contribution in [3.63, 3.8) is 0 Å². The van der Waals surface area contributed by atoms with Gasteiger partial charge in [0.05, 0.1) is 13.2 Å². The molecule has 1 aromatic carbocycles. The zero-order valence-corrected chi connectivity index (χ0v) is 9.06. The summed E-state index contributed by atoms with van der Waals surface area (Å²) >= 11 is 0. The summed E-state index contributed by atoms with van der Waals surface area (Å²) in [5.41, 5.74) is 1.22. The van der Waals surface area contributed by atoms with Gasteiger partial charge in [0.1, 0.15) is 0 Å². The number of nitrogens with zero attached hydrogens (tertiary/aromatic N) is 1. The average Bonchev–Trinajstić information content (AvgIpc) is 2.27. The molecule has 1 rings (SSSR count). The van der Waals surface area contributed by atoms with Gasteiger partial charge < -0.3 is 5.11 Å². The molecule has 2 nitrogen and oxygen atoms in total. The number of benzene rings is 1. The van der Waals surface area contributed by atoms with Crippen LogP contribution in [0.4, 0.5) is 0 Å². The maximum atomic E-state index is 9.27. The predicted molar refractivity (Wildman–Crippen MR) is 62.5 cm³/mol. The summed E-state index contributed by atoms with van der Waals surface area (Å²) in [6, 6.07) is 10.2. The van der Waals surface area contributed by atoms with E-state index >= 15 is 0 Å². The zero-order chi connectivity index (χ0) is 11.1. The van der Waals surface area contributed by atoms with Gasteiger partial charge in [0.2, 0.25) is 0 Å². The van der Waals surface area contributed by atoms with Crippen molar-refractivity contribution < 1.29 is 5.11 Å². The van der Waals surface area contributed by atoms with Crippen molar-refractivity contribution in [1.29, 1.82) is 0 Å². The van der Waals surface area contributed by atoms with Crippen LogP contribution >= 0.6 is 0 Å². The van der Waals surface area contributed by atoms with Gasteiger partial charge in [0, 0.05) is 6.04 Å². The Kier molecular flexibility index (Phi) is 4.89. The molecule has 2 heteroatoms. The normalized spacial score (nSPS) is 12.4. The van der Waals surface area contributed by atoms with Crippen molar-refractivity contribution >= 4 is 0 Å². The van der Waals surface area contributed by atoms with Crippen LogP contribution in [0.2, 0.25) is 0 Å². The van der Waals surface area contributed by atoms with Gasteiger partial charge in [0.25, 0.3) is 0 Å². The van der Waals surface area contributed by atoms with Gasteiger partial charge in [-0.25, -0.2) is 0 Å². The summed E-state index contributed by atoms with van der Waals surface area (Å²) in [6.07, 6.45) is 6.07. The van der Waals surface area contributed by atoms with E-state index in [0.29, 0.717) is 6.54 Å². The van der Waals surface area contributed by atoms with Gasteiger partial charge in [-0.05, 0) is 19.0 Å². The Morgan fingerprint density at radius 1 is 1.40 bits per heavy atom. The number of likely N-dealkylation sites (N-methyl/N-ethyl adjacent to an activating group) is 1. The van der Waals surface area contributed by atoms with E-state index in [4.69, 9.17) is 6.42 Å². The Morgan fingerprint density at radius 3 is 2.60 bits per heavy atom. The largest absolute Gasteiger partial charge is 0.395 e. The number of aliphatic hydroxyl groups excluding tert-OH is 1. The van der Waals surface area contributed by atoms with E-state index in [1.54, 1.807) is 0 Å². The predicted octanol–water partition coefficient (Wildman–Crippen LogP) is 1.16. The van der Waals surface area contributed by atoms with Crippen LogP contribution in [0.15, 0.2) is 30.3 Å².